The largest absolute Gasteiger partial charge is 0.450 e. The number of unbranched alkanes of at least 4 members (excludes halogenated alkanes) is 1. The molecule has 0 fully saturated rings. The highest BCUT2D eigenvalue weighted by molar-refractivity contribution is 6.77. The topological polar surface area (TPSA) is 115 Å². The Morgan fingerprint density at radius 1 is 0.971 bits per heavy atom. The van der Waals surface area contributed by atoms with Crippen molar-refractivity contribution in [3.8, 4) is 0 Å². The van der Waals surface area contributed by atoms with Gasteiger partial charge in [-0.25, -0.2) is 14.4 Å². The molecule has 10 heteroatoms. The number of benzene rings is 1. The maximum absolute atomic E-state index is 12.6. The average Bonchev–Trinajstić information content (AvgIpc) is 2.79. The summed E-state index contributed by atoms with van der Waals surface area (Å²) in [6, 6.07) is 7.92. The molecule has 3 amide bonds. The lowest BCUT2D eigenvalue weighted by Gasteiger charge is -2.33. The van der Waals surface area contributed by atoms with Gasteiger partial charge in [-0.2, -0.15) is 0 Å². The molecule has 3 N–H and O–H groups in total. The van der Waals surface area contributed by atoms with E-state index in [1.165, 1.54) is 0 Å². The van der Waals surface area contributed by atoms with Crippen molar-refractivity contribution in [1.29, 1.82) is 0 Å². The number of ether oxygens (including phenoxy) is 3. The second kappa shape index (κ2) is 13.8. The minimum atomic E-state index is -1.69. The van der Waals surface area contributed by atoms with Crippen LogP contribution in [-0.4, -0.2) is 56.8 Å². The summed E-state index contributed by atoms with van der Waals surface area (Å²) >= 11 is 0. The quantitative estimate of drug-likeness (QED) is 0.187. The SMILES string of the molecule is CCCCOC(=O)NC1C=CC(NC(=O)OCc2ccccc2)C(NC(=O)OC(C)[Si](C)(C)C)C1. The zero-order chi connectivity index (χ0) is 25.8. The number of nitrogens with one attached hydrogen (secondary N) is 3. The van der Waals surface area contributed by atoms with Crippen LogP contribution in [0.1, 0.15) is 38.7 Å². The van der Waals surface area contributed by atoms with Crippen LogP contribution in [0.15, 0.2) is 42.5 Å². The molecular formula is C25H39N3O6Si. The van der Waals surface area contributed by atoms with E-state index in [1.54, 1.807) is 12.2 Å². The lowest BCUT2D eigenvalue weighted by atomic mass is 9.93. The van der Waals surface area contributed by atoms with Crippen LogP contribution < -0.4 is 16.0 Å². The van der Waals surface area contributed by atoms with Crippen molar-refractivity contribution in [3.63, 3.8) is 0 Å². The lowest BCUT2D eigenvalue weighted by Crippen LogP contribution is -2.56. The first-order valence-corrected chi connectivity index (χ1v) is 15.7. The van der Waals surface area contributed by atoms with Crippen molar-refractivity contribution in [2.45, 2.75) is 83.2 Å². The first kappa shape index (κ1) is 28.2. The molecule has 4 atom stereocenters. The van der Waals surface area contributed by atoms with Crippen LogP contribution in [0.3, 0.4) is 0 Å². The van der Waals surface area contributed by atoms with Gasteiger partial charge < -0.3 is 30.2 Å². The Hall–Kier alpha value is -3.01. The minimum Gasteiger partial charge on any atom is -0.450 e. The van der Waals surface area contributed by atoms with Gasteiger partial charge >= 0.3 is 18.3 Å². The molecule has 1 aliphatic rings. The van der Waals surface area contributed by atoms with Gasteiger partial charge in [0.25, 0.3) is 0 Å². The molecule has 1 aliphatic carbocycles. The number of rotatable bonds is 10. The molecule has 0 aliphatic heterocycles. The Balaban J connectivity index is 2.00. The third-order valence-corrected chi connectivity index (χ3v) is 8.39. The molecular weight excluding hydrogens is 466 g/mol. The smallest absolute Gasteiger partial charge is 0.408 e. The van der Waals surface area contributed by atoms with Crippen molar-refractivity contribution >= 4 is 26.4 Å². The number of carbonyl (C=O) groups is 3. The van der Waals surface area contributed by atoms with Gasteiger partial charge in [0.15, 0.2) is 0 Å². The highest BCUT2D eigenvalue weighted by atomic mass is 28.3. The van der Waals surface area contributed by atoms with Crippen LogP contribution in [-0.2, 0) is 20.8 Å². The van der Waals surface area contributed by atoms with E-state index in [1.807, 2.05) is 44.2 Å². The highest BCUT2D eigenvalue weighted by Gasteiger charge is 2.32. The second-order valence-corrected chi connectivity index (χ2v) is 15.3. The molecule has 194 valence electrons. The Morgan fingerprint density at radius 3 is 2.31 bits per heavy atom. The number of carbonyl (C=O) groups excluding carboxylic acids is 3. The Bertz CT molecular complexity index is 859. The summed E-state index contributed by atoms with van der Waals surface area (Å²) in [6.07, 6.45) is 3.88. The normalized spacial score (nSPS) is 20.3. The third kappa shape index (κ3) is 10.4. The molecule has 0 heterocycles. The van der Waals surface area contributed by atoms with Gasteiger partial charge in [-0.1, -0.05) is 75.5 Å². The number of hydrogen-bond donors (Lipinski definition) is 3. The fourth-order valence-electron chi connectivity index (χ4n) is 3.22. The van der Waals surface area contributed by atoms with Crippen molar-refractivity contribution in [2.24, 2.45) is 0 Å². The van der Waals surface area contributed by atoms with Gasteiger partial charge in [-0.05, 0) is 25.3 Å². The molecule has 35 heavy (non-hydrogen) atoms. The van der Waals surface area contributed by atoms with Crippen molar-refractivity contribution in [1.82, 2.24) is 16.0 Å². The monoisotopic (exact) mass is 505 g/mol. The zero-order valence-corrected chi connectivity index (χ0v) is 22.3. The van der Waals surface area contributed by atoms with E-state index in [2.05, 4.69) is 35.6 Å². The summed E-state index contributed by atoms with van der Waals surface area (Å²) in [5, 5.41) is 8.43. The van der Waals surface area contributed by atoms with E-state index >= 15 is 0 Å². The van der Waals surface area contributed by atoms with Crippen molar-refractivity contribution < 1.29 is 28.6 Å². The molecule has 4 unspecified atom stereocenters. The zero-order valence-electron chi connectivity index (χ0n) is 21.3. The third-order valence-electron chi connectivity index (χ3n) is 5.83. The molecule has 0 aromatic heterocycles. The summed E-state index contributed by atoms with van der Waals surface area (Å²) in [4.78, 5) is 37.1. The standard InChI is InChI=1S/C25H39N3O6Si/c1-6-7-15-32-23(29)26-20-13-14-21(27-24(30)33-17-19-11-9-8-10-12-19)22(16-20)28-25(31)34-18(2)35(3,4)5/h8-14,18,20-22H,6-7,15-17H2,1-5H3,(H,26,29)(H,27,30)(H,28,31). The maximum Gasteiger partial charge on any atom is 0.408 e. The van der Waals surface area contributed by atoms with E-state index in [0.717, 1.165) is 18.4 Å². The Morgan fingerprint density at radius 2 is 1.66 bits per heavy atom. The molecule has 0 bridgehead atoms. The van der Waals surface area contributed by atoms with Gasteiger partial charge in [-0.3, -0.25) is 0 Å². The van der Waals surface area contributed by atoms with E-state index < -0.39 is 38.4 Å². The Labute approximate surface area is 209 Å². The van der Waals surface area contributed by atoms with Gasteiger partial charge in [0, 0.05) is 0 Å². The summed E-state index contributed by atoms with van der Waals surface area (Å²) in [5.74, 6) is 0. The van der Waals surface area contributed by atoms with Crippen LogP contribution in [0.5, 0.6) is 0 Å². The highest BCUT2D eigenvalue weighted by Crippen LogP contribution is 2.16. The van der Waals surface area contributed by atoms with Crippen LogP contribution in [0.4, 0.5) is 14.4 Å². The van der Waals surface area contributed by atoms with Gasteiger partial charge in [0.1, 0.15) is 6.61 Å². The van der Waals surface area contributed by atoms with Crippen LogP contribution in [0.2, 0.25) is 19.6 Å². The lowest BCUT2D eigenvalue weighted by molar-refractivity contribution is 0.120. The molecule has 0 saturated carbocycles. The molecule has 9 nitrogen and oxygen atoms in total. The van der Waals surface area contributed by atoms with E-state index in [-0.39, 0.29) is 18.4 Å². The number of alkyl carbamates (subject to hydrolysis) is 3. The molecule has 0 saturated heterocycles. The van der Waals surface area contributed by atoms with Gasteiger partial charge in [0.2, 0.25) is 0 Å². The molecule has 1 aromatic rings. The van der Waals surface area contributed by atoms with Gasteiger partial charge in [0.05, 0.1) is 38.5 Å². The fourth-order valence-corrected chi connectivity index (χ4v) is 3.68. The van der Waals surface area contributed by atoms with Crippen LogP contribution in [0.25, 0.3) is 0 Å². The summed E-state index contributed by atoms with van der Waals surface area (Å²) in [6.45, 7) is 10.7. The number of hydrogen-bond acceptors (Lipinski definition) is 6. The molecule has 2 rings (SSSR count). The van der Waals surface area contributed by atoms with E-state index in [0.29, 0.717) is 13.0 Å². The van der Waals surface area contributed by atoms with Crippen LogP contribution in [0, 0.1) is 0 Å². The summed E-state index contributed by atoms with van der Waals surface area (Å²) < 4.78 is 16.1. The summed E-state index contributed by atoms with van der Waals surface area (Å²) in [7, 11) is -1.69. The molecule has 1 aromatic carbocycles. The molecule has 0 spiro atoms. The van der Waals surface area contributed by atoms with Gasteiger partial charge in [-0.15, -0.1) is 0 Å². The Kier molecular flexibility index (Phi) is 11.1. The molecule has 0 radical (unpaired) electrons. The predicted octanol–water partition coefficient (Wildman–Crippen LogP) is 4.50. The fraction of sp³-hybridized carbons (Fsp3) is 0.560. The van der Waals surface area contributed by atoms with Crippen LogP contribution >= 0.6 is 0 Å². The summed E-state index contributed by atoms with van der Waals surface area (Å²) in [5.41, 5.74) is 0.678. The second-order valence-electron chi connectivity index (χ2n) is 9.76. The van der Waals surface area contributed by atoms with Crippen molar-refractivity contribution in [2.75, 3.05) is 6.61 Å². The predicted molar refractivity (Wildman–Crippen MR) is 137 cm³/mol. The first-order chi connectivity index (χ1) is 16.6. The van der Waals surface area contributed by atoms with E-state index in [9.17, 15) is 14.4 Å². The van der Waals surface area contributed by atoms with E-state index in [4.69, 9.17) is 14.2 Å². The minimum absolute atomic E-state index is 0.130. The number of amides is 3. The first-order valence-electron chi connectivity index (χ1n) is 12.1. The van der Waals surface area contributed by atoms with Crippen molar-refractivity contribution in [3.05, 3.63) is 48.0 Å². The average molecular weight is 506 g/mol. The maximum atomic E-state index is 12.6.